The van der Waals surface area contributed by atoms with E-state index < -0.39 is 0 Å². The zero-order valence-corrected chi connectivity index (χ0v) is 11.4. The summed E-state index contributed by atoms with van der Waals surface area (Å²) in [5.74, 6) is 0.859. The molecule has 1 amide bonds. The van der Waals surface area contributed by atoms with Crippen LogP contribution in [0.5, 0.6) is 0 Å². The van der Waals surface area contributed by atoms with Gasteiger partial charge in [-0.2, -0.15) is 0 Å². The molecule has 4 heteroatoms. The summed E-state index contributed by atoms with van der Waals surface area (Å²) in [7, 11) is 0. The van der Waals surface area contributed by atoms with Crippen LogP contribution in [0.4, 0.5) is 0 Å². The van der Waals surface area contributed by atoms with Gasteiger partial charge in [0.05, 0.1) is 0 Å². The van der Waals surface area contributed by atoms with Crippen LogP contribution in [0.2, 0.25) is 0 Å². The highest BCUT2D eigenvalue weighted by Crippen LogP contribution is 2.02. The quantitative estimate of drug-likeness (QED) is 0.618. The third-order valence-corrected chi connectivity index (χ3v) is 2.40. The van der Waals surface area contributed by atoms with Crippen molar-refractivity contribution in [1.29, 1.82) is 0 Å². The van der Waals surface area contributed by atoms with Crippen LogP contribution in [-0.4, -0.2) is 19.0 Å². The first kappa shape index (κ1) is 18.1. The lowest BCUT2D eigenvalue weighted by atomic mass is 10.1. The van der Waals surface area contributed by atoms with Gasteiger partial charge in [-0.05, 0) is 31.7 Å². The Morgan fingerprint density at radius 2 is 1.81 bits per heavy atom. The maximum atomic E-state index is 11.3. The summed E-state index contributed by atoms with van der Waals surface area (Å²) in [6.45, 7) is 5.91. The number of nitrogens with one attached hydrogen (secondary N) is 1. The van der Waals surface area contributed by atoms with Crippen LogP contribution < -0.4 is 11.1 Å². The van der Waals surface area contributed by atoms with Gasteiger partial charge in [-0.25, -0.2) is 0 Å². The van der Waals surface area contributed by atoms with E-state index in [0.717, 1.165) is 45.2 Å². The van der Waals surface area contributed by atoms with Crippen LogP contribution >= 0.6 is 12.4 Å². The van der Waals surface area contributed by atoms with Crippen molar-refractivity contribution in [3.8, 4) is 0 Å². The van der Waals surface area contributed by atoms with E-state index in [4.69, 9.17) is 5.73 Å². The van der Waals surface area contributed by atoms with Gasteiger partial charge in [0.25, 0.3) is 0 Å². The van der Waals surface area contributed by atoms with E-state index in [0.29, 0.717) is 12.3 Å². The topological polar surface area (TPSA) is 55.1 Å². The Hall–Kier alpha value is -0.280. The molecule has 0 aromatic rings. The van der Waals surface area contributed by atoms with Gasteiger partial charge in [0, 0.05) is 13.0 Å². The number of amides is 1. The van der Waals surface area contributed by atoms with Crippen molar-refractivity contribution < 1.29 is 4.79 Å². The maximum Gasteiger partial charge on any atom is 0.219 e. The molecule has 0 fully saturated rings. The van der Waals surface area contributed by atoms with E-state index in [9.17, 15) is 4.79 Å². The third-order valence-electron chi connectivity index (χ3n) is 2.40. The minimum atomic E-state index is 0. The van der Waals surface area contributed by atoms with Gasteiger partial charge in [0.2, 0.25) is 5.91 Å². The average molecular weight is 251 g/mol. The zero-order chi connectivity index (χ0) is 11.5. The molecule has 0 aliphatic carbocycles. The number of carbonyl (C=O) groups is 1. The molecule has 0 unspecified atom stereocenters. The van der Waals surface area contributed by atoms with Crippen molar-refractivity contribution in [3.05, 3.63) is 0 Å². The van der Waals surface area contributed by atoms with Gasteiger partial charge in [-0.3, -0.25) is 4.79 Å². The number of hydrogen-bond donors (Lipinski definition) is 2. The largest absolute Gasteiger partial charge is 0.356 e. The van der Waals surface area contributed by atoms with Gasteiger partial charge in [-0.1, -0.05) is 26.7 Å². The molecule has 0 bridgehead atoms. The van der Waals surface area contributed by atoms with E-state index in [1.165, 1.54) is 0 Å². The smallest absolute Gasteiger partial charge is 0.219 e. The number of hydrogen-bond acceptors (Lipinski definition) is 2. The monoisotopic (exact) mass is 250 g/mol. The van der Waals surface area contributed by atoms with E-state index in [-0.39, 0.29) is 18.3 Å². The summed E-state index contributed by atoms with van der Waals surface area (Å²) in [6, 6.07) is 0. The molecule has 0 rings (SSSR count). The van der Waals surface area contributed by atoms with Crippen molar-refractivity contribution in [2.75, 3.05) is 13.1 Å². The molecule has 0 heterocycles. The molecule has 0 aromatic heterocycles. The third kappa shape index (κ3) is 13.7. The fraction of sp³-hybridized carbons (Fsp3) is 0.917. The maximum absolute atomic E-state index is 11.3. The molecule has 0 aliphatic rings. The Kier molecular flexibility index (Phi) is 14.5. The molecule has 0 spiro atoms. The second-order valence-corrected chi connectivity index (χ2v) is 4.49. The Labute approximate surface area is 106 Å². The van der Waals surface area contributed by atoms with Crippen molar-refractivity contribution in [2.45, 2.75) is 52.4 Å². The normalized spacial score (nSPS) is 10.0. The highest BCUT2D eigenvalue weighted by atomic mass is 35.5. The van der Waals surface area contributed by atoms with E-state index in [1.54, 1.807) is 0 Å². The number of nitrogens with two attached hydrogens (primary N) is 1. The number of halogens is 1. The average Bonchev–Trinajstić information content (AvgIpc) is 2.17. The first-order valence-corrected chi connectivity index (χ1v) is 6.13. The lowest BCUT2D eigenvalue weighted by molar-refractivity contribution is -0.121. The summed E-state index contributed by atoms with van der Waals surface area (Å²) in [5.41, 5.74) is 5.39. The molecular formula is C12H27ClN2O. The first-order valence-electron chi connectivity index (χ1n) is 6.13. The molecule has 3 nitrogen and oxygen atoms in total. The molecular weight excluding hydrogens is 224 g/mol. The second kappa shape index (κ2) is 12.8. The molecule has 16 heavy (non-hydrogen) atoms. The number of carbonyl (C=O) groups excluding carboxylic acids is 1. The summed E-state index contributed by atoms with van der Waals surface area (Å²) < 4.78 is 0. The highest BCUT2D eigenvalue weighted by Gasteiger charge is 2.00. The van der Waals surface area contributed by atoms with Crippen LogP contribution in [0.3, 0.4) is 0 Å². The minimum Gasteiger partial charge on any atom is -0.356 e. The predicted octanol–water partition coefficient (Wildman–Crippen LogP) is 2.48. The van der Waals surface area contributed by atoms with E-state index >= 15 is 0 Å². The lowest BCUT2D eigenvalue weighted by Crippen LogP contribution is -2.24. The lowest BCUT2D eigenvalue weighted by Gasteiger charge is -2.06. The van der Waals surface area contributed by atoms with Crippen LogP contribution in [-0.2, 0) is 4.79 Å². The summed E-state index contributed by atoms with van der Waals surface area (Å²) in [6.07, 6.45) is 6.08. The molecule has 0 atom stereocenters. The van der Waals surface area contributed by atoms with Crippen molar-refractivity contribution in [2.24, 2.45) is 11.7 Å². The summed E-state index contributed by atoms with van der Waals surface area (Å²) >= 11 is 0. The van der Waals surface area contributed by atoms with Crippen LogP contribution in [0.15, 0.2) is 0 Å². The fourth-order valence-corrected chi connectivity index (χ4v) is 1.37. The Morgan fingerprint density at radius 3 is 2.38 bits per heavy atom. The molecule has 0 saturated heterocycles. The molecule has 0 radical (unpaired) electrons. The van der Waals surface area contributed by atoms with E-state index in [2.05, 4.69) is 19.2 Å². The van der Waals surface area contributed by atoms with Crippen molar-refractivity contribution in [3.63, 3.8) is 0 Å². The SMILES string of the molecule is CC(C)CCNC(=O)CCCCCCN.Cl. The Morgan fingerprint density at radius 1 is 1.19 bits per heavy atom. The molecule has 0 saturated carbocycles. The molecule has 98 valence electrons. The predicted molar refractivity (Wildman–Crippen MR) is 71.9 cm³/mol. The van der Waals surface area contributed by atoms with Gasteiger partial charge in [-0.15, -0.1) is 12.4 Å². The molecule has 0 aliphatic heterocycles. The summed E-state index contributed by atoms with van der Waals surface area (Å²) in [5, 5.41) is 2.94. The van der Waals surface area contributed by atoms with Gasteiger partial charge in [0.15, 0.2) is 0 Å². The van der Waals surface area contributed by atoms with Gasteiger partial charge in [0.1, 0.15) is 0 Å². The second-order valence-electron chi connectivity index (χ2n) is 4.49. The van der Waals surface area contributed by atoms with Gasteiger partial charge >= 0.3 is 0 Å². The minimum absolute atomic E-state index is 0. The van der Waals surface area contributed by atoms with Crippen LogP contribution in [0.25, 0.3) is 0 Å². The molecule has 3 N–H and O–H groups in total. The van der Waals surface area contributed by atoms with Crippen molar-refractivity contribution >= 4 is 18.3 Å². The van der Waals surface area contributed by atoms with Crippen molar-refractivity contribution in [1.82, 2.24) is 5.32 Å². The Balaban J connectivity index is 0. The summed E-state index contributed by atoms with van der Waals surface area (Å²) in [4.78, 5) is 11.3. The fourth-order valence-electron chi connectivity index (χ4n) is 1.37. The first-order chi connectivity index (χ1) is 7.16. The zero-order valence-electron chi connectivity index (χ0n) is 10.6. The Bertz CT molecular complexity index is 163. The molecule has 0 aromatic carbocycles. The number of rotatable bonds is 9. The van der Waals surface area contributed by atoms with Crippen LogP contribution in [0, 0.1) is 5.92 Å². The van der Waals surface area contributed by atoms with Gasteiger partial charge < -0.3 is 11.1 Å². The number of unbranched alkanes of at least 4 members (excludes halogenated alkanes) is 3. The highest BCUT2D eigenvalue weighted by molar-refractivity contribution is 5.85. The van der Waals surface area contributed by atoms with Crippen LogP contribution in [0.1, 0.15) is 52.4 Å². The van der Waals surface area contributed by atoms with E-state index in [1.807, 2.05) is 0 Å². The standard InChI is InChI=1S/C12H26N2O.ClH/c1-11(2)8-10-14-12(15)7-5-3-4-6-9-13;/h11H,3-10,13H2,1-2H3,(H,14,15);1H.